The molecule has 15 heavy (non-hydrogen) atoms. The van der Waals surface area contributed by atoms with Gasteiger partial charge in [-0.05, 0) is 6.92 Å². The maximum Gasteiger partial charge on any atom is 0.164 e. The highest BCUT2D eigenvalue weighted by Crippen LogP contribution is 2.19. The molecule has 1 aliphatic heterocycles. The van der Waals surface area contributed by atoms with Gasteiger partial charge >= 0.3 is 0 Å². The molecule has 1 unspecified atom stereocenters. The Bertz CT molecular complexity index is 320. The molecule has 6 nitrogen and oxygen atoms in total. The lowest BCUT2D eigenvalue weighted by atomic mass is 10.3. The molecule has 0 spiro atoms. The first-order valence-corrected chi connectivity index (χ1v) is 5.18. The molecule has 84 valence electrons. The number of hydrogen-bond donors (Lipinski definition) is 1. The predicted octanol–water partition coefficient (Wildman–Crippen LogP) is -0.155. The van der Waals surface area contributed by atoms with Crippen LogP contribution in [0.5, 0.6) is 0 Å². The van der Waals surface area contributed by atoms with Crippen molar-refractivity contribution in [3.05, 3.63) is 11.6 Å². The number of aromatic nitrogens is 3. The molecule has 0 aliphatic carbocycles. The molecule has 2 N–H and O–H groups in total. The quantitative estimate of drug-likeness (QED) is 0.753. The van der Waals surface area contributed by atoms with Crippen molar-refractivity contribution in [2.24, 2.45) is 5.73 Å². The van der Waals surface area contributed by atoms with Crippen LogP contribution in [0.1, 0.15) is 24.7 Å². The van der Waals surface area contributed by atoms with Crippen LogP contribution in [-0.4, -0.2) is 34.6 Å². The second-order valence-electron chi connectivity index (χ2n) is 3.36. The van der Waals surface area contributed by atoms with Crippen molar-refractivity contribution >= 4 is 0 Å². The summed E-state index contributed by atoms with van der Waals surface area (Å²) in [6, 6.07) is 0. The fraction of sp³-hybridized carbons (Fsp3) is 0.778. The van der Waals surface area contributed by atoms with Gasteiger partial charge in [0.25, 0.3) is 0 Å². The van der Waals surface area contributed by atoms with Crippen molar-refractivity contribution in [2.75, 3.05) is 19.8 Å². The van der Waals surface area contributed by atoms with Gasteiger partial charge in [0.1, 0.15) is 11.9 Å². The molecule has 0 bridgehead atoms. The highest BCUT2D eigenvalue weighted by atomic mass is 16.6. The minimum absolute atomic E-state index is 0.105. The number of rotatable bonds is 3. The molecule has 0 saturated carbocycles. The molecule has 1 aromatic heterocycles. The lowest BCUT2D eigenvalue weighted by Crippen LogP contribution is -2.25. The van der Waals surface area contributed by atoms with E-state index in [-0.39, 0.29) is 6.10 Å². The third-order valence-electron chi connectivity index (χ3n) is 2.46. The zero-order chi connectivity index (χ0) is 10.7. The maximum absolute atomic E-state index is 5.58. The van der Waals surface area contributed by atoms with Crippen LogP contribution in [0, 0.1) is 0 Å². The van der Waals surface area contributed by atoms with Crippen LogP contribution < -0.4 is 5.73 Å². The molecular formula is C9H16N4O2. The van der Waals surface area contributed by atoms with Crippen LogP contribution in [0.4, 0.5) is 0 Å². The van der Waals surface area contributed by atoms with Gasteiger partial charge in [0.2, 0.25) is 0 Å². The lowest BCUT2D eigenvalue weighted by Gasteiger charge is -2.22. The molecule has 1 saturated heterocycles. The Balaban J connectivity index is 2.22. The van der Waals surface area contributed by atoms with E-state index in [1.807, 2.05) is 11.5 Å². The van der Waals surface area contributed by atoms with Gasteiger partial charge in [-0.25, -0.2) is 0 Å². The van der Waals surface area contributed by atoms with E-state index in [0.717, 1.165) is 18.2 Å². The molecule has 2 heterocycles. The van der Waals surface area contributed by atoms with Crippen molar-refractivity contribution in [3.8, 4) is 0 Å². The van der Waals surface area contributed by atoms with Crippen LogP contribution in [0.2, 0.25) is 0 Å². The van der Waals surface area contributed by atoms with Crippen molar-refractivity contribution in [1.29, 1.82) is 0 Å². The minimum atomic E-state index is -0.105. The summed E-state index contributed by atoms with van der Waals surface area (Å²) in [6.07, 6.45) is -0.105. The lowest BCUT2D eigenvalue weighted by molar-refractivity contribution is -0.0948. The number of nitrogens with two attached hydrogens (primary N) is 1. The van der Waals surface area contributed by atoms with Gasteiger partial charge in [-0.3, -0.25) is 0 Å². The van der Waals surface area contributed by atoms with E-state index in [9.17, 15) is 0 Å². The largest absolute Gasteiger partial charge is 0.376 e. The average molecular weight is 212 g/mol. The zero-order valence-electron chi connectivity index (χ0n) is 8.85. The summed E-state index contributed by atoms with van der Waals surface area (Å²) in [7, 11) is 0. The Morgan fingerprint density at radius 2 is 2.33 bits per heavy atom. The molecule has 6 heteroatoms. The van der Waals surface area contributed by atoms with Crippen molar-refractivity contribution in [2.45, 2.75) is 26.1 Å². The van der Waals surface area contributed by atoms with Crippen molar-refractivity contribution in [1.82, 2.24) is 14.8 Å². The summed E-state index contributed by atoms with van der Waals surface area (Å²) in [5, 5.41) is 8.14. The van der Waals surface area contributed by atoms with Crippen LogP contribution in [0.3, 0.4) is 0 Å². The van der Waals surface area contributed by atoms with Gasteiger partial charge in [0.05, 0.1) is 26.4 Å². The molecule has 0 amide bonds. The van der Waals surface area contributed by atoms with Gasteiger partial charge < -0.3 is 19.8 Å². The number of ether oxygens (including phenoxy) is 2. The second-order valence-corrected chi connectivity index (χ2v) is 3.36. The van der Waals surface area contributed by atoms with Gasteiger partial charge in [-0.15, -0.1) is 10.2 Å². The first-order chi connectivity index (χ1) is 7.36. The molecule has 1 atom stereocenters. The third kappa shape index (κ3) is 2.01. The van der Waals surface area contributed by atoms with E-state index in [1.54, 1.807) is 0 Å². The van der Waals surface area contributed by atoms with E-state index < -0.39 is 0 Å². The van der Waals surface area contributed by atoms with Gasteiger partial charge in [-0.2, -0.15) is 0 Å². The van der Waals surface area contributed by atoms with E-state index >= 15 is 0 Å². The first kappa shape index (κ1) is 10.5. The molecule has 1 fully saturated rings. The normalized spacial score (nSPS) is 21.9. The maximum atomic E-state index is 5.58. The Kier molecular flexibility index (Phi) is 3.30. The topological polar surface area (TPSA) is 75.2 Å². The van der Waals surface area contributed by atoms with Gasteiger partial charge in [-0.1, -0.05) is 0 Å². The van der Waals surface area contributed by atoms with E-state index in [1.165, 1.54) is 0 Å². The molecular weight excluding hydrogens is 196 g/mol. The monoisotopic (exact) mass is 212 g/mol. The van der Waals surface area contributed by atoms with Crippen molar-refractivity contribution in [3.63, 3.8) is 0 Å². The SMILES string of the molecule is CCn1c(CN)nnc1C1COCCO1. The van der Waals surface area contributed by atoms with Crippen molar-refractivity contribution < 1.29 is 9.47 Å². The fourth-order valence-corrected chi connectivity index (χ4v) is 1.72. The van der Waals surface area contributed by atoms with Crippen LogP contribution in [0.15, 0.2) is 0 Å². The highest BCUT2D eigenvalue weighted by molar-refractivity contribution is 5.00. The number of nitrogens with zero attached hydrogens (tertiary/aromatic N) is 3. The van der Waals surface area contributed by atoms with E-state index in [2.05, 4.69) is 10.2 Å². The van der Waals surface area contributed by atoms with Gasteiger partial charge in [0.15, 0.2) is 5.82 Å². The summed E-state index contributed by atoms with van der Waals surface area (Å²) in [5.74, 6) is 1.61. The summed E-state index contributed by atoms with van der Waals surface area (Å²) in [5.41, 5.74) is 5.57. The summed E-state index contributed by atoms with van der Waals surface area (Å²) in [6.45, 7) is 5.04. The fourth-order valence-electron chi connectivity index (χ4n) is 1.72. The average Bonchev–Trinajstić information content (AvgIpc) is 2.72. The first-order valence-electron chi connectivity index (χ1n) is 5.18. The summed E-state index contributed by atoms with van der Waals surface area (Å²) >= 11 is 0. The molecule has 1 aliphatic rings. The Morgan fingerprint density at radius 3 is 2.93 bits per heavy atom. The summed E-state index contributed by atoms with van der Waals surface area (Å²) < 4.78 is 12.9. The van der Waals surface area contributed by atoms with Crippen LogP contribution in [-0.2, 0) is 22.6 Å². The summed E-state index contributed by atoms with van der Waals surface area (Å²) in [4.78, 5) is 0. The Labute approximate surface area is 88.4 Å². The zero-order valence-corrected chi connectivity index (χ0v) is 8.85. The Morgan fingerprint density at radius 1 is 1.47 bits per heavy atom. The Hall–Kier alpha value is -0.980. The molecule has 2 rings (SSSR count). The predicted molar refractivity (Wildman–Crippen MR) is 53.1 cm³/mol. The second kappa shape index (κ2) is 4.69. The van der Waals surface area contributed by atoms with Crippen LogP contribution >= 0.6 is 0 Å². The molecule has 1 aromatic rings. The standard InChI is InChI=1S/C9H16N4O2/c1-2-13-8(5-10)11-12-9(13)7-6-14-3-4-15-7/h7H,2-6,10H2,1H3. The molecule has 0 aromatic carbocycles. The van der Waals surface area contributed by atoms with Gasteiger partial charge in [0, 0.05) is 6.54 Å². The van der Waals surface area contributed by atoms with E-state index in [4.69, 9.17) is 15.2 Å². The molecule has 0 radical (unpaired) electrons. The number of hydrogen-bond acceptors (Lipinski definition) is 5. The van der Waals surface area contributed by atoms with E-state index in [0.29, 0.717) is 26.4 Å². The smallest absolute Gasteiger partial charge is 0.164 e. The van der Waals surface area contributed by atoms with Crippen LogP contribution in [0.25, 0.3) is 0 Å². The highest BCUT2D eigenvalue weighted by Gasteiger charge is 2.23. The third-order valence-corrected chi connectivity index (χ3v) is 2.46. The minimum Gasteiger partial charge on any atom is -0.376 e.